The van der Waals surface area contributed by atoms with Crippen LogP contribution < -0.4 is 15.5 Å². The van der Waals surface area contributed by atoms with E-state index in [1.54, 1.807) is 42.5 Å². The molecule has 0 aliphatic carbocycles. The summed E-state index contributed by atoms with van der Waals surface area (Å²) < 4.78 is 5.47. The molecule has 6 nitrogen and oxygen atoms in total. The van der Waals surface area contributed by atoms with E-state index in [0.717, 1.165) is 5.56 Å². The maximum atomic E-state index is 11.9. The van der Waals surface area contributed by atoms with Crippen molar-refractivity contribution < 1.29 is 14.3 Å². The molecular weight excluding hydrogens is 389 g/mol. The first-order chi connectivity index (χ1) is 12.9. The number of amides is 2. The number of rotatable bonds is 6. The molecule has 27 heavy (non-hydrogen) atoms. The van der Waals surface area contributed by atoms with Crippen LogP contribution in [0.3, 0.4) is 0 Å². The summed E-state index contributed by atoms with van der Waals surface area (Å²) in [4.78, 5) is 23.8. The Hall–Kier alpha value is -2.83. The highest BCUT2D eigenvalue weighted by Gasteiger charge is 2.13. The summed E-state index contributed by atoms with van der Waals surface area (Å²) in [7, 11) is 0. The van der Waals surface area contributed by atoms with Crippen molar-refractivity contribution in [1.29, 1.82) is 0 Å². The van der Waals surface area contributed by atoms with Crippen molar-refractivity contribution in [3.8, 4) is 5.75 Å². The van der Waals surface area contributed by atoms with Gasteiger partial charge >= 0.3 is 11.8 Å². The van der Waals surface area contributed by atoms with E-state index in [4.69, 9.17) is 27.9 Å². The highest BCUT2D eigenvalue weighted by molar-refractivity contribution is 6.40. The molecule has 2 amide bonds. The maximum absolute atomic E-state index is 11.9. The van der Waals surface area contributed by atoms with E-state index < -0.39 is 11.8 Å². The molecule has 0 saturated heterocycles. The fourth-order valence-corrected chi connectivity index (χ4v) is 2.33. The van der Waals surface area contributed by atoms with Gasteiger partial charge in [0.15, 0.2) is 0 Å². The molecule has 0 atom stereocenters. The number of halogens is 2. The van der Waals surface area contributed by atoms with Gasteiger partial charge in [-0.25, -0.2) is 5.43 Å². The summed E-state index contributed by atoms with van der Waals surface area (Å²) in [5, 5.41) is 7.17. The molecule has 0 radical (unpaired) electrons. The zero-order valence-electron chi connectivity index (χ0n) is 14.5. The number of hydrogen-bond acceptors (Lipinski definition) is 4. The predicted octanol–water partition coefficient (Wildman–Crippen LogP) is 3.96. The van der Waals surface area contributed by atoms with Crippen LogP contribution >= 0.6 is 23.2 Å². The van der Waals surface area contributed by atoms with Gasteiger partial charge in [-0.05, 0) is 42.8 Å². The number of benzene rings is 2. The molecule has 0 spiro atoms. The molecular formula is C19H17Cl2N3O3. The lowest BCUT2D eigenvalue weighted by Crippen LogP contribution is -2.32. The zero-order valence-corrected chi connectivity index (χ0v) is 16.0. The summed E-state index contributed by atoms with van der Waals surface area (Å²) in [6.45, 7) is 5.71. The molecule has 0 aliphatic rings. The normalized spacial score (nSPS) is 10.5. The first-order valence-electron chi connectivity index (χ1n) is 7.84. The van der Waals surface area contributed by atoms with E-state index in [1.165, 1.54) is 6.21 Å². The van der Waals surface area contributed by atoms with E-state index in [0.29, 0.717) is 33.7 Å². The van der Waals surface area contributed by atoms with Gasteiger partial charge in [0.25, 0.3) is 0 Å². The summed E-state index contributed by atoms with van der Waals surface area (Å²) in [5.74, 6) is -1.30. The van der Waals surface area contributed by atoms with Crippen molar-refractivity contribution in [3.05, 3.63) is 70.2 Å². The minimum Gasteiger partial charge on any atom is -0.489 e. The Balaban J connectivity index is 1.99. The lowest BCUT2D eigenvalue weighted by molar-refractivity contribution is -0.136. The van der Waals surface area contributed by atoms with Crippen LogP contribution in [-0.2, 0) is 9.59 Å². The van der Waals surface area contributed by atoms with Gasteiger partial charge in [-0.1, -0.05) is 41.9 Å². The second kappa shape index (κ2) is 9.75. The van der Waals surface area contributed by atoms with E-state index in [1.807, 2.05) is 6.92 Å². The Labute approximate surface area is 166 Å². The molecule has 0 aromatic heterocycles. The van der Waals surface area contributed by atoms with Gasteiger partial charge < -0.3 is 10.1 Å². The van der Waals surface area contributed by atoms with Crippen LogP contribution in [0.4, 0.5) is 5.69 Å². The van der Waals surface area contributed by atoms with Gasteiger partial charge in [0, 0.05) is 21.3 Å². The third kappa shape index (κ3) is 6.13. The number of anilines is 1. The summed E-state index contributed by atoms with van der Waals surface area (Å²) >= 11 is 11.9. The van der Waals surface area contributed by atoms with Crippen molar-refractivity contribution in [1.82, 2.24) is 5.43 Å². The van der Waals surface area contributed by atoms with Gasteiger partial charge in [-0.15, -0.1) is 0 Å². The van der Waals surface area contributed by atoms with Crippen LogP contribution in [0.15, 0.2) is 54.2 Å². The van der Waals surface area contributed by atoms with E-state index in [2.05, 4.69) is 22.4 Å². The Morgan fingerprint density at radius 1 is 1.19 bits per heavy atom. The number of aryl methyl sites for hydroxylation is 1. The molecule has 0 bridgehead atoms. The lowest BCUT2D eigenvalue weighted by Gasteiger charge is -2.07. The largest absolute Gasteiger partial charge is 0.489 e. The molecule has 0 saturated carbocycles. The summed E-state index contributed by atoms with van der Waals surface area (Å²) in [5.41, 5.74) is 3.95. The van der Waals surface area contributed by atoms with Gasteiger partial charge in [0.05, 0.1) is 6.21 Å². The first kappa shape index (κ1) is 20.5. The summed E-state index contributed by atoms with van der Waals surface area (Å²) in [6, 6.07) is 9.88. The highest BCUT2D eigenvalue weighted by Crippen LogP contribution is 2.21. The van der Waals surface area contributed by atoms with Crippen molar-refractivity contribution in [2.75, 3.05) is 11.9 Å². The van der Waals surface area contributed by atoms with E-state index in [9.17, 15) is 9.59 Å². The van der Waals surface area contributed by atoms with Crippen molar-refractivity contribution >= 4 is 46.9 Å². The van der Waals surface area contributed by atoms with Crippen molar-refractivity contribution in [3.63, 3.8) is 0 Å². The maximum Gasteiger partial charge on any atom is 0.329 e. The van der Waals surface area contributed by atoms with Gasteiger partial charge in [0.2, 0.25) is 0 Å². The molecule has 2 rings (SSSR count). The van der Waals surface area contributed by atoms with E-state index >= 15 is 0 Å². The smallest absolute Gasteiger partial charge is 0.329 e. The quantitative estimate of drug-likeness (QED) is 0.330. The van der Waals surface area contributed by atoms with Crippen molar-refractivity contribution in [2.45, 2.75) is 6.92 Å². The monoisotopic (exact) mass is 405 g/mol. The highest BCUT2D eigenvalue weighted by atomic mass is 35.5. The minimum absolute atomic E-state index is 0.302. The van der Waals surface area contributed by atoms with Crippen LogP contribution in [0.5, 0.6) is 5.75 Å². The summed E-state index contributed by atoms with van der Waals surface area (Å²) in [6.07, 6.45) is 2.93. The second-order valence-corrected chi connectivity index (χ2v) is 6.24. The molecule has 8 heteroatoms. The average Bonchev–Trinajstić information content (AvgIpc) is 2.64. The van der Waals surface area contributed by atoms with Crippen LogP contribution in [0.2, 0.25) is 10.0 Å². The molecule has 140 valence electrons. The zero-order chi connectivity index (χ0) is 19.8. The predicted molar refractivity (Wildman–Crippen MR) is 108 cm³/mol. The van der Waals surface area contributed by atoms with Crippen LogP contribution in [0, 0.1) is 6.92 Å². The van der Waals surface area contributed by atoms with Gasteiger partial charge in [-0.3, -0.25) is 9.59 Å². The molecule has 0 heterocycles. The fourth-order valence-electron chi connectivity index (χ4n) is 1.97. The lowest BCUT2D eigenvalue weighted by atomic mass is 10.2. The molecule has 2 N–H and O–H groups in total. The molecule has 0 unspecified atom stereocenters. The van der Waals surface area contributed by atoms with Crippen LogP contribution in [0.1, 0.15) is 11.1 Å². The third-order valence-electron chi connectivity index (χ3n) is 3.33. The van der Waals surface area contributed by atoms with Gasteiger partial charge in [0.1, 0.15) is 12.4 Å². The Morgan fingerprint density at radius 3 is 2.67 bits per heavy atom. The third-order valence-corrected chi connectivity index (χ3v) is 3.98. The first-order valence-corrected chi connectivity index (χ1v) is 8.60. The van der Waals surface area contributed by atoms with Crippen LogP contribution in [-0.4, -0.2) is 24.6 Å². The molecule has 2 aromatic rings. The number of carbonyl (C=O) groups excluding carboxylic acids is 2. The van der Waals surface area contributed by atoms with E-state index in [-0.39, 0.29) is 0 Å². The number of nitrogens with zero attached hydrogens (tertiary/aromatic N) is 1. The Kier molecular flexibility index (Phi) is 7.40. The van der Waals surface area contributed by atoms with Crippen LogP contribution in [0.25, 0.3) is 0 Å². The molecule has 0 fully saturated rings. The number of carbonyl (C=O) groups is 2. The number of hydrazone groups is 1. The number of hydrogen-bond donors (Lipinski definition) is 2. The standard InChI is InChI=1S/C19H17Cl2N3O3/c1-3-8-27-17-7-5-14(20)9-13(17)11-22-24-19(26)18(25)23-15-6-4-12(2)16(21)10-15/h3-7,9-11H,1,8H2,2H3,(H,23,25)(H,24,26)/b22-11-. The topological polar surface area (TPSA) is 79.8 Å². The Morgan fingerprint density at radius 2 is 1.96 bits per heavy atom. The van der Waals surface area contributed by atoms with Gasteiger partial charge in [-0.2, -0.15) is 5.10 Å². The second-order valence-electron chi connectivity index (χ2n) is 5.40. The number of nitrogens with one attached hydrogen (secondary N) is 2. The molecule has 0 aliphatic heterocycles. The molecule has 2 aromatic carbocycles. The Bertz CT molecular complexity index is 898. The van der Waals surface area contributed by atoms with Crippen molar-refractivity contribution in [2.24, 2.45) is 5.10 Å². The fraction of sp³-hybridized carbons (Fsp3) is 0.105. The SMILES string of the molecule is C=CCOc1ccc(Cl)cc1/C=N\NC(=O)C(=O)Nc1ccc(C)c(Cl)c1. The minimum atomic E-state index is -0.932. The number of ether oxygens (including phenoxy) is 1. The average molecular weight is 406 g/mol.